The predicted octanol–water partition coefficient (Wildman–Crippen LogP) is -1.39. The summed E-state index contributed by atoms with van der Waals surface area (Å²) in [5.74, 6) is -0.555. The Balaban J connectivity index is 0.00000144. The Morgan fingerprint density at radius 1 is 1.06 bits per heavy atom. The fraction of sp³-hybridized carbons (Fsp3) is 0. The number of benzene rings is 2. The molecule has 3 N–H and O–H groups in total. The van der Waals surface area contributed by atoms with Crippen molar-refractivity contribution >= 4 is 20.9 Å². The van der Waals surface area contributed by atoms with Gasteiger partial charge in [0.1, 0.15) is 11.5 Å². The van der Waals surface area contributed by atoms with E-state index < -0.39 is 20.8 Å². The van der Waals surface area contributed by atoms with Crippen molar-refractivity contribution in [1.82, 2.24) is 0 Å². The summed E-state index contributed by atoms with van der Waals surface area (Å²) in [4.78, 5) is -0.414. The first-order chi connectivity index (χ1) is 7.39. The molecular weight excluding hydrogens is 255 g/mol. The average Bonchev–Trinajstić information content (AvgIpc) is 2.15. The van der Waals surface area contributed by atoms with Gasteiger partial charge in [0.15, 0.2) is 0 Å². The van der Waals surface area contributed by atoms with E-state index >= 15 is 0 Å². The number of phenolic OH excluding ortho intramolecular Hbond substituents is 2. The minimum absolute atomic E-state index is 0. The molecule has 17 heavy (non-hydrogen) atoms. The van der Waals surface area contributed by atoms with E-state index in [1.807, 2.05) is 0 Å². The second kappa shape index (κ2) is 4.83. The van der Waals surface area contributed by atoms with Crippen LogP contribution < -0.4 is 29.6 Å². The standard InChI is InChI=1S/C10H8O5S.Na.H/c11-8-3-1-2-6-4-7(16(13,14)15)5-9(12)10(6)8;;/h1-5,11-12H,(H,13,14,15);;/q;+1;-1. The molecule has 0 aliphatic heterocycles. The van der Waals surface area contributed by atoms with Crippen molar-refractivity contribution in [2.24, 2.45) is 0 Å². The van der Waals surface area contributed by atoms with Crippen LogP contribution in [0.3, 0.4) is 0 Å². The van der Waals surface area contributed by atoms with Gasteiger partial charge in [-0.3, -0.25) is 4.55 Å². The van der Waals surface area contributed by atoms with Crippen molar-refractivity contribution in [2.75, 3.05) is 0 Å². The molecule has 7 heteroatoms. The van der Waals surface area contributed by atoms with Crippen molar-refractivity contribution in [2.45, 2.75) is 4.90 Å². The maximum Gasteiger partial charge on any atom is 1.00 e. The van der Waals surface area contributed by atoms with Gasteiger partial charge in [-0.25, -0.2) is 0 Å². The van der Waals surface area contributed by atoms with Gasteiger partial charge in [0.05, 0.1) is 10.3 Å². The Kier molecular flexibility index (Phi) is 4.06. The molecule has 0 aliphatic rings. The van der Waals surface area contributed by atoms with E-state index in [9.17, 15) is 18.6 Å². The Labute approximate surface area is 121 Å². The molecule has 0 amide bonds. The number of phenols is 2. The number of hydrogen-bond donors (Lipinski definition) is 3. The number of fused-ring (bicyclic) bond motifs is 1. The molecule has 2 rings (SSSR count). The molecule has 0 atom stereocenters. The van der Waals surface area contributed by atoms with E-state index in [1.54, 1.807) is 0 Å². The minimum Gasteiger partial charge on any atom is -1.00 e. The molecule has 0 spiro atoms. The quantitative estimate of drug-likeness (QED) is 0.435. The van der Waals surface area contributed by atoms with E-state index in [-0.39, 0.29) is 42.1 Å². The van der Waals surface area contributed by atoms with Gasteiger partial charge in [0.2, 0.25) is 0 Å². The molecule has 0 aliphatic carbocycles. The zero-order chi connectivity index (χ0) is 11.9. The largest absolute Gasteiger partial charge is 1.00 e. The summed E-state index contributed by atoms with van der Waals surface area (Å²) < 4.78 is 30.6. The molecule has 0 unspecified atom stereocenters. The monoisotopic (exact) mass is 264 g/mol. The van der Waals surface area contributed by atoms with Crippen LogP contribution in [0.2, 0.25) is 0 Å². The number of hydrogen-bond acceptors (Lipinski definition) is 4. The van der Waals surface area contributed by atoms with Gasteiger partial charge in [-0.2, -0.15) is 8.42 Å². The third kappa shape index (κ3) is 2.72. The molecule has 0 radical (unpaired) electrons. The molecule has 0 fully saturated rings. The third-order valence-corrected chi connectivity index (χ3v) is 3.04. The first-order valence-corrected chi connectivity index (χ1v) is 5.76. The van der Waals surface area contributed by atoms with Crippen LogP contribution >= 0.6 is 0 Å². The smallest absolute Gasteiger partial charge is 1.00 e. The van der Waals surface area contributed by atoms with Crippen LogP contribution in [0.5, 0.6) is 11.5 Å². The molecule has 2 aromatic rings. The molecule has 5 nitrogen and oxygen atoms in total. The first-order valence-electron chi connectivity index (χ1n) is 4.32. The maximum atomic E-state index is 10.9. The molecule has 2 aromatic carbocycles. The summed E-state index contributed by atoms with van der Waals surface area (Å²) in [5.41, 5.74) is 0. The summed E-state index contributed by atoms with van der Waals surface area (Å²) in [7, 11) is -4.37. The van der Waals surface area contributed by atoms with Crippen LogP contribution in [0.1, 0.15) is 1.43 Å². The summed E-state index contributed by atoms with van der Waals surface area (Å²) in [6.45, 7) is 0. The van der Waals surface area contributed by atoms with Gasteiger partial charge >= 0.3 is 29.6 Å². The summed E-state index contributed by atoms with van der Waals surface area (Å²) in [5, 5.41) is 19.5. The second-order valence-corrected chi connectivity index (χ2v) is 4.71. The van der Waals surface area contributed by atoms with Crippen LogP contribution in [0, 0.1) is 0 Å². The van der Waals surface area contributed by atoms with Crippen molar-refractivity contribution in [3.63, 3.8) is 0 Å². The third-order valence-electron chi connectivity index (χ3n) is 2.21. The van der Waals surface area contributed by atoms with Crippen molar-refractivity contribution < 1.29 is 54.2 Å². The molecule has 0 heterocycles. The van der Waals surface area contributed by atoms with Gasteiger partial charge in [-0.05, 0) is 17.5 Å². The van der Waals surface area contributed by atoms with Crippen molar-refractivity contribution in [1.29, 1.82) is 0 Å². The van der Waals surface area contributed by atoms with Crippen LogP contribution in [-0.4, -0.2) is 23.2 Å². The van der Waals surface area contributed by atoms with Crippen molar-refractivity contribution in [3.05, 3.63) is 30.3 Å². The van der Waals surface area contributed by atoms with Gasteiger partial charge in [0.25, 0.3) is 10.1 Å². The SMILES string of the molecule is O=S(=O)(O)c1cc(O)c2c(O)cccc2c1.[H-].[Na+]. The topological polar surface area (TPSA) is 94.8 Å². The number of rotatable bonds is 1. The number of aromatic hydroxyl groups is 2. The maximum absolute atomic E-state index is 10.9. The average molecular weight is 264 g/mol. The van der Waals surface area contributed by atoms with E-state index in [1.165, 1.54) is 24.3 Å². The second-order valence-electron chi connectivity index (χ2n) is 3.29. The molecule has 86 valence electrons. The van der Waals surface area contributed by atoms with Gasteiger partial charge < -0.3 is 11.6 Å². The van der Waals surface area contributed by atoms with Crippen LogP contribution in [0.15, 0.2) is 35.2 Å². The zero-order valence-corrected chi connectivity index (χ0v) is 11.8. The summed E-state index contributed by atoms with van der Waals surface area (Å²) >= 11 is 0. The van der Waals surface area contributed by atoms with Crippen molar-refractivity contribution in [3.8, 4) is 11.5 Å². The van der Waals surface area contributed by atoms with E-state index in [0.717, 1.165) is 6.07 Å². The van der Waals surface area contributed by atoms with Crippen LogP contribution in [0.4, 0.5) is 0 Å². The summed E-state index contributed by atoms with van der Waals surface area (Å²) in [6.07, 6.45) is 0. The molecule has 0 saturated heterocycles. The van der Waals surface area contributed by atoms with Gasteiger partial charge in [0, 0.05) is 6.07 Å². The zero-order valence-electron chi connectivity index (χ0n) is 9.95. The fourth-order valence-corrected chi connectivity index (χ4v) is 2.04. The van der Waals surface area contributed by atoms with Crippen LogP contribution in [0.25, 0.3) is 10.8 Å². The van der Waals surface area contributed by atoms with E-state index in [2.05, 4.69) is 0 Å². The summed E-state index contributed by atoms with van der Waals surface area (Å²) in [6, 6.07) is 6.45. The Morgan fingerprint density at radius 2 is 1.71 bits per heavy atom. The molecule has 0 saturated carbocycles. The van der Waals surface area contributed by atoms with Gasteiger partial charge in [-0.1, -0.05) is 12.1 Å². The predicted molar refractivity (Wildman–Crippen MR) is 58.2 cm³/mol. The van der Waals surface area contributed by atoms with E-state index in [0.29, 0.717) is 5.39 Å². The minimum atomic E-state index is -4.37. The fourth-order valence-electron chi connectivity index (χ4n) is 1.51. The van der Waals surface area contributed by atoms with Crippen LogP contribution in [-0.2, 0) is 10.1 Å². The van der Waals surface area contributed by atoms with Gasteiger partial charge in [-0.15, -0.1) is 0 Å². The molecule has 0 aromatic heterocycles. The van der Waals surface area contributed by atoms with E-state index in [4.69, 9.17) is 4.55 Å². The Morgan fingerprint density at radius 3 is 2.29 bits per heavy atom. The Hall–Kier alpha value is -0.790. The first kappa shape index (κ1) is 14.3. The normalized spacial score (nSPS) is 11.1. The Bertz CT molecular complexity index is 671. The molecule has 0 bridgehead atoms. The molecular formula is C10H9NaO5S.